The van der Waals surface area contributed by atoms with Crippen LogP contribution in [-0.4, -0.2) is 26.9 Å². The zero-order valence-corrected chi connectivity index (χ0v) is 9.24. The minimum absolute atomic E-state index is 0.219. The molecule has 1 heterocycles. The average molecular weight is 226 g/mol. The number of hydrogen-bond acceptors (Lipinski definition) is 3. The SMILES string of the molecule is O=S(=O)(CCC[C@H]1CO1)c1ccccc1. The summed E-state index contributed by atoms with van der Waals surface area (Å²) in [5.41, 5.74) is 0. The third kappa shape index (κ3) is 3.04. The normalized spacial score (nSPS) is 20.1. The smallest absolute Gasteiger partial charge is 0.178 e. The summed E-state index contributed by atoms with van der Waals surface area (Å²) in [6.07, 6.45) is 1.85. The zero-order chi connectivity index (χ0) is 10.7. The molecule has 3 nitrogen and oxygen atoms in total. The fourth-order valence-corrected chi connectivity index (χ4v) is 2.84. The van der Waals surface area contributed by atoms with Crippen molar-refractivity contribution in [2.45, 2.75) is 23.8 Å². The van der Waals surface area contributed by atoms with E-state index in [-0.39, 0.29) is 5.75 Å². The lowest BCUT2D eigenvalue weighted by Gasteiger charge is -2.02. The molecule has 0 aliphatic carbocycles. The van der Waals surface area contributed by atoms with Gasteiger partial charge in [-0.2, -0.15) is 0 Å². The van der Waals surface area contributed by atoms with Gasteiger partial charge >= 0.3 is 0 Å². The molecule has 0 saturated carbocycles. The first kappa shape index (κ1) is 10.6. The first-order chi connectivity index (χ1) is 7.18. The second-order valence-corrected chi connectivity index (χ2v) is 5.84. The van der Waals surface area contributed by atoms with E-state index < -0.39 is 9.84 Å². The molecule has 0 N–H and O–H groups in total. The highest BCUT2D eigenvalue weighted by Gasteiger charge is 2.23. The van der Waals surface area contributed by atoms with Gasteiger partial charge in [0.1, 0.15) is 0 Å². The Hall–Kier alpha value is -0.870. The van der Waals surface area contributed by atoms with E-state index in [1.165, 1.54) is 0 Å². The number of ether oxygens (including phenoxy) is 1. The van der Waals surface area contributed by atoms with E-state index in [1.54, 1.807) is 24.3 Å². The van der Waals surface area contributed by atoms with Crippen molar-refractivity contribution in [2.24, 2.45) is 0 Å². The average Bonchev–Trinajstić information content (AvgIpc) is 3.03. The topological polar surface area (TPSA) is 46.7 Å². The molecule has 0 amide bonds. The van der Waals surface area contributed by atoms with Crippen LogP contribution in [0, 0.1) is 0 Å². The predicted molar refractivity (Wildman–Crippen MR) is 57.5 cm³/mol. The Labute approximate surface area is 90.0 Å². The maximum atomic E-state index is 11.8. The molecule has 0 unspecified atom stereocenters. The molecule has 15 heavy (non-hydrogen) atoms. The molecule has 0 radical (unpaired) electrons. The van der Waals surface area contributed by atoms with Crippen molar-refractivity contribution in [1.82, 2.24) is 0 Å². The van der Waals surface area contributed by atoms with Crippen molar-refractivity contribution in [3.05, 3.63) is 30.3 Å². The molecule has 1 atom stereocenters. The molecule has 1 aromatic carbocycles. The number of benzene rings is 1. The van der Waals surface area contributed by atoms with Crippen LogP contribution in [0.25, 0.3) is 0 Å². The Morgan fingerprint density at radius 2 is 1.93 bits per heavy atom. The van der Waals surface area contributed by atoms with Crippen molar-refractivity contribution < 1.29 is 13.2 Å². The lowest BCUT2D eigenvalue weighted by atomic mass is 10.3. The van der Waals surface area contributed by atoms with Gasteiger partial charge in [0.15, 0.2) is 9.84 Å². The van der Waals surface area contributed by atoms with Gasteiger partial charge in [-0.1, -0.05) is 18.2 Å². The third-order valence-corrected chi connectivity index (χ3v) is 4.26. The highest BCUT2D eigenvalue weighted by molar-refractivity contribution is 7.91. The van der Waals surface area contributed by atoms with E-state index in [4.69, 9.17) is 4.74 Å². The molecule has 1 saturated heterocycles. The second-order valence-electron chi connectivity index (χ2n) is 3.73. The van der Waals surface area contributed by atoms with Gasteiger partial charge in [-0.15, -0.1) is 0 Å². The second kappa shape index (κ2) is 4.33. The van der Waals surface area contributed by atoms with Crippen LogP contribution in [0.15, 0.2) is 35.2 Å². The van der Waals surface area contributed by atoms with E-state index in [2.05, 4.69) is 0 Å². The van der Waals surface area contributed by atoms with E-state index in [0.717, 1.165) is 13.0 Å². The zero-order valence-electron chi connectivity index (χ0n) is 8.43. The van der Waals surface area contributed by atoms with Gasteiger partial charge < -0.3 is 4.74 Å². The van der Waals surface area contributed by atoms with Gasteiger partial charge in [0, 0.05) is 0 Å². The lowest BCUT2D eigenvalue weighted by molar-refractivity contribution is 0.395. The van der Waals surface area contributed by atoms with Crippen LogP contribution in [0.5, 0.6) is 0 Å². The molecule has 0 spiro atoms. The quantitative estimate of drug-likeness (QED) is 0.717. The molecule has 1 aliphatic heterocycles. The Morgan fingerprint density at radius 3 is 2.53 bits per heavy atom. The Morgan fingerprint density at radius 1 is 1.27 bits per heavy atom. The van der Waals surface area contributed by atoms with E-state index in [9.17, 15) is 8.42 Å². The maximum Gasteiger partial charge on any atom is 0.178 e. The molecule has 1 aliphatic rings. The largest absolute Gasteiger partial charge is 0.373 e. The van der Waals surface area contributed by atoms with Crippen molar-refractivity contribution in [2.75, 3.05) is 12.4 Å². The number of epoxide rings is 1. The van der Waals surface area contributed by atoms with Gasteiger partial charge in [-0.3, -0.25) is 0 Å². The highest BCUT2D eigenvalue weighted by atomic mass is 32.2. The summed E-state index contributed by atoms with van der Waals surface area (Å²) in [5.74, 6) is 0.219. The molecule has 1 aromatic rings. The van der Waals surface area contributed by atoms with Crippen LogP contribution in [-0.2, 0) is 14.6 Å². The highest BCUT2D eigenvalue weighted by Crippen LogP contribution is 2.18. The van der Waals surface area contributed by atoms with Crippen molar-refractivity contribution >= 4 is 9.84 Å². The standard InChI is InChI=1S/C11H14O3S/c12-15(13,8-4-5-10-9-14-10)11-6-2-1-3-7-11/h1-3,6-7,10H,4-5,8-9H2/t10-/m0/s1. The van der Waals surface area contributed by atoms with Crippen molar-refractivity contribution in [1.29, 1.82) is 0 Å². The summed E-state index contributed by atoms with van der Waals surface area (Å²) >= 11 is 0. The Bertz CT molecular complexity index is 407. The molecular formula is C11H14O3S. The molecule has 4 heteroatoms. The summed E-state index contributed by atoms with van der Waals surface area (Å²) in [4.78, 5) is 0.418. The van der Waals surface area contributed by atoms with Crippen LogP contribution < -0.4 is 0 Å². The molecule has 0 bridgehead atoms. The van der Waals surface area contributed by atoms with E-state index >= 15 is 0 Å². The first-order valence-corrected chi connectivity index (χ1v) is 6.73. The molecular weight excluding hydrogens is 212 g/mol. The molecule has 82 valence electrons. The minimum atomic E-state index is -3.08. The minimum Gasteiger partial charge on any atom is -0.373 e. The van der Waals surface area contributed by atoms with Crippen LogP contribution >= 0.6 is 0 Å². The van der Waals surface area contributed by atoms with Gasteiger partial charge in [-0.25, -0.2) is 8.42 Å². The van der Waals surface area contributed by atoms with E-state index in [0.29, 0.717) is 17.4 Å². The monoisotopic (exact) mass is 226 g/mol. The summed E-state index contributed by atoms with van der Waals surface area (Å²) < 4.78 is 28.6. The summed E-state index contributed by atoms with van der Waals surface area (Å²) in [6, 6.07) is 8.59. The van der Waals surface area contributed by atoms with Crippen LogP contribution in [0.3, 0.4) is 0 Å². The number of rotatable bonds is 5. The lowest BCUT2D eigenvalue weighted by Crippen LogP contribution is -2.07. The number of sulfone groups is 1. The predicted octanol–water partition coefficient (Wildman–Crippen LogP) is 1.64. The van der Waals surface area contributed by atoms with Crippen LogP contribution in [0.2, 0.25) is 0 Å². The van der Waals surface area contributed by atoms with E-state index in [1.807, 2.05) is 6.07 Å². The van der Waals surface area contributed by atoms with Gasteiger partial charge in [-0.05, 0) is 25.0 Å². The molecule has 0 aromatic heterocycles. The number of hydrogen-bond donors (Lipinski definition) is 0. The van der Waals surface area contributed by atoms with Crippen molar-refractivity contribution in [3.8, 4) is 0 Å². The molecule has 2 rings (SSSR count). The fourth-order valence-electron chi connectivity index (χ4n) is 1.48. The Kier molecular flexibility index (Phi) is 3.07. The summed E-state index contributed by atoms with van der Waals surface area (Å²) in [6.45, 7) is 0.797. The van der Waals surface area contributed by atoms with Gasteiger partial charge in [0.2, 0.25) is 0 Å². The maximum absolute atomic E-state index is 11.8. The Balaban J connectivity index is 1.93. The van der Waals surface area contributed by atoms with Gasteiger partial charge in [0.25, 0.3) is 0 Å². The van der Waals surface area contributed by atoms with Crippen molar-refractivity contribution in [3.63, 3.8) is 0 Å². The van der Waals surface area contributed by atoms with Crippen LogP contribution in [0.4, 0.5) is 0 Å². The third-order valence-electron chi connectivity index (χ3n) is 2.44. The first-order valence-electron chi connectivity index (χ1n) is 5.08. The molecule has 1 fully saturated rings. The van der Waals surface area contributed by atoms with Gasteiger partial charge in [0.05, 0.1) is 23.4 Å². The summed E-state index contributed by atoms with van der Waals surface area (Å²) in [7, 11) is -3.08. The summed E-state index contributed by atoms with van der Waals surface area (Å²) in [5, 5.41) is 0. The van der Waals surface area contributed by atoms with Crippen LogP contribution in [0.1, 0.15) is 12.8 Å². The fraction of sp³-hybridized carbons (Fsp3) is 0.455.